The largest absolute Gasteiger partial charge is 0.399 e. The third-order valence-corrected chi connectivity index (χ3v) is 4.23. The average Bonchev–Trinajstić information content (AvgIpc) is 2.69. The molecule has 3 aromatic rings. The standard InChI is InChI=1S/C22H24N4O/c1-16-8-4-14-21(23-16)22-15-7-12-19(25-22)10-5-9-18-11-6-13-20(24-18)17(2)26-27-3/h4,6-8,11-15H,5,9-10H2,1-3H3/b26-17+. The first-order valence-electron chi connectivity index (χ1n) is 9.10. The highest BCUT2D eigenvalue weighted by Crippen LogP contribution is 2.16. The molecule has 0 saturated carbocycles. The molecule has 0 bridgehead atoms. The highest BCUT2D eigenvalue weighted by atomic mass is 16.6. The SMILES string of the molecule is CO/N=C(\C)c1cccc(CCCc2cccc(-c3cccc(C)n3)n2)n1. The van der Waals surface area contributed by atoms with E-state index in [1.807, 2.05) is 62.4 Å². The van der Waals surface area contributed by atoms with Crippen molar-refractivity contribution in [3.8, 4) is 11.4 Å². The molecule has 0 aliphatic carbocycles. The van der Waals surface area contributed by atoms with Gasteiger partial charge in [-0.25, -0.2) is 0 Å². The van der Waals surface area contributed by atoms with Gasteiger partial charge in [0.25, 0.3) is 0 Å². The summed E-state index contributed by atoms with van der Waals surface area (Å²) in [5, 5.41) is 3.95. The summed E-state index contributed by atoms with van der Waals surface area (Å²) in [7, 11) is 1.54. The van der Waals surface area contributed by atoms with Crippen LogP contribution >= 0.6 is 0 Å². The second kappa shape index (κ2) is 9.03. The number of aromatic nitrogens is 3. The molecule has 0 fully saturated rings. The van der Waals surface area contributed by atoms with Gasteiger partial charge in [-0.15, -0.1) is 0 Å². The van der Waals surface area contributed by atoms with Crippen LogP contribution in [0.25, 0.3) is 11.4 Å². The Bertz CT molecular complexity index is 937. The minimum absolute atomic E-state index is 0.777. The number of hydrogen-bond donors (Lipinski definition) is 0. The summed E-state index contributed by atoms with van der Waals surface area (Å²) in [6.45, 7) is 3.89. The molecule has 27 heavy (non-hydrogen) atoms. The van der Waals surface area contributed by atoms with E-state index in [2.05, 4.69) is 21.2 Å². The minimum atomic E-state index is 0.777. The van der Waals surface area contributed by atoms with E-state index in [4.69, 9.17) is 9.82 Å². The van der Waals surface area contributed by atoms with Crippen molar-refractivity contribution in [1.29, 1.82) is 0 Å². The first-order chi connectivity index (χ1) is 13.2. The van der Waals surface area contributed by atoms with Crippen molar-refractivity contribution >= 4 is 5.71 Å². The Morgan fingerprint density at radius 1 is 0.852 bits per heavy atom. The lowest BCUT2D eigenvalue weighted by atomic mass is 10.1. The normalized spacial score (nSPS) is 11.4. The fourth-order valence-corrected chi connectivity index (χ4v) is 2.90. The summed E-state index contributed by atoms with van der Waals surface area (Å²) in [4.78, 5) is 18.8. The fraction of sp³-hybridized carbons (Fsp3) is 0.273. The van der Waals surface area contributed by atoms with E-state index in [-0.39, 0.29) is 0 Å². The molecule has 0 aliphatic heterocycles. The van der Waals surface area contributed by atoms with Crippen molar-refractivity contribution in [1.82, 2.24) is 15.0 Å². The van der Waals surface area contributed by atoms with Gasteiger partial charge >= 0.3 is 0 Å². The maximum atomic E-state index is 4.83. The van der Waals surface area contributed by atoms with Gasteiger partial charge in [0.1, 0.15) is 12.8 Å². The number of hydrogen-bond acceptors (Lipinski definition) is 5. The minimum Gasteiger partial charge on any atom is -0.399 e. The highest BCUT2D eigenvalue weighted by Gasteiger charge is 2.05. The van der Waals surface area contributed by atoms with Gasteiger partial charge in [-0.1, -0.05) is 23.4 Å². The Morgan fingerprint density at radius 3 is 2.19 bits per heavy atom. The van der Waals surface area contributed by atoms with E-state index in [0.29, 0.717) is 0 Å². The first kappa shape index (κ1) is 18.7. The molecule has 3 heterocycles. The zero-order chi connectivity index (χ0) is 19.1. The molecule has 0 amide bonds. The molecule has 0 atom stereocenters. The Hall–Kier alpha value is -3.08. The second-order valence-electron chi connectivity index (χ2n) is 6.41. The van der Waals surface area contributed by atoms with Crippen LogP contribution < -0.4 is 0 Å². The number of pyridine rings is 3. The van der Waals surface area contributed by atoms with E-state index >= 15 is 0 Å². The van der Waals surface area contributed by atoms with Gasteiger partial charge in [0.05, 0.1) is 17.1 Å². The van der Waals surface area contributed by atoms with Crippen LogP contribution in [0.3, 0.4) is 0 Å². The maximum absolute atomic E-state index is 4.83. The van der Waals surface area contributed by atoms with Gasteiger partial charge in [0, 0.05) is 17.1 Å². The van der Waals surface area contributed by atoms with E-state index < -0.39 is 0 Å². The molecule has 0 N–H and O–H groups in total. The Kier molecular flexibility index (Phi) is 6.26. The van der Waals surface area contributed by atoms with Crippen LogP contribution in [0.15, 0.2) is 59.8 Å². The van der Waals surface area contributed by atoms with Crippen LogP contribution in [0.5, 0.6) is 0 Å². The van der Waals surface area contributed by atoms with Gasteiger partial charge < -0.3 is 4.84 Å². The third kappa shape index (κ3) is 5.20. The lowest BCUT2D eigenvalue weighted by Gasteiger charge is -2.06. The molecule has 0 spiro atoms. The summed E-state index contributed by atoms with van der Waals surface area (Å²) in [5.74, 6) is 0. The van der Waals surface area contributed by atoms with E-state index in [0.717, 1.165) is 59.1 Å². The van der Waals surface area contributed by atoms with Crippen molar-refractivity contribution in [2.24, 2.45) is 5.16 Å². The molecule has 0 radical (unpaired) electrons. The van der Waals surface area contributed by atoms with Crippen LogP contribution in [0.1, 0.15) is 36.1 Å². The molecule has 3 aromatic heterocycles. The molecule has 0 unspecified atom stereocenters. The summed E-state index contributed by atoms with van der Waals surface area (Å²) >= 11 is 0. The maximum Gasteiger partial charge on any atom is 0.106 e. The lowest BCUT2D eigenvalue weighted by Crippen LogP contribution is -2.03. The van der Waals surface area contributed by atoms with Gasteiger partial charge in [0.2, 0.25) is 0 Å². The van der Waals surface area contributed by atoms with Crippen LogP contribution in [0, 0.1) is 6.92 Å². The van der Waals surface area contributed by atoms with Crippen LogP contribution in [0.2, 0.25) is 0 Å². The molecule has 0 saturated heterocycles. The molecule has 0 aliphatic rings. The van der Waals surface area contributed by atoms with E-state index in [1.165, 1.54) is 0 Å². The molecule has 138 valence electrons. The zero-order valence-corrected chi connectivity index (χ0v) is 16.0. The summed E-state index contributed by atoms with van der Waals surface area (Å²) in [5.41, 5.74) is 6.58. The van der Waals surface area contributed by atoms with E-state index in [9.17, 15) is 0 Å². The molecular weight excluding hydrogens is 336 g/mol. The number of aryl methyl sites for hydroxylation is 3. The molecule has 3 rings (SSSR count). The summed E-state index contributed by atoms with van der Waals surface area (Å²) in [6, 6.07) is 18.1. The predicted molar refractivity (Wildman–Crippen MR) is 108 cm³/mol. The van der Waals surface area contributed by atoms with Crippen LogP contribution in [-0.2, 0) is 17.7 Å². The van der Waals surface area contributed by atoms with Crippen molar-refractivity contribution in [3.05, 3.63) is 77.4 Å². The fourth-order valence-electron chi connectivity index (χ4n) is 2.90. The molecule has 0 aromatic carbocycles. The second-order valence-corrected chi connectivity index (χ2v) is 6.41. The molecular formula is C22H24N4O. The van der Waals surface area contributed by atoms with Gasteiger partial charge in [0.15, 0.2) is 0 Å². The van der Waals surface area contributed by atoms with Crippen LogP contribution in [-0.4, -0.2) is 27.8 Å². The highest BCUT2D eigenvalue weighted by molar-refractivity contribution is 5.96. The van der Waals surface area contributed by atoms with Gasteiger partial charge in [-0.2, -0.15) is 0 Å². The van der Waals surface area contributed by atoms with Crippen molar-refractivity contribution in [2.75, 3.05) is 7.11 Å². The average molecular weight is 360 g/mol. The quantitative estimate of drug-likeness (QED) is 0.463. The number of oxime groups is 1. The topological polar surface area (TPSA) is 60.3 Å². The third-order valence-electron chi connectivity index (χ3n) is 4.23. The smallest absolute Gasteiger partial charge is 0.106 e. The zero-order valence-electron chi connectivity index (χ0n) is 16.0. The number of rotatable bonds is 7. The first-order valence-corrected chi connectivity index (χ1v) is 9.10. The summed E-state index contributed by atoms with van der Waals surface area (Å²) in [6.07, 6.45) is 2.77. The number of nitrogens with zero attached hydrogens (tertiary/aromatic N) is 4. The summed E-state index contributed by atoms with van der Waals surface area (Å²) < 4.78 is 0. The molecule has 5 heteroatoms. The molecule has 5 nitrogen and oxygen atoms in total. The Labute approximate surface area is 160 Å². The monoisotopic (exact) mass is 360 g/mol. The lowest BCUT2D eigenvalue weighted by molar-refractivity contribution is 0.213. The van der Waals surface area contributed by atoms with Gasteiger partial charge in [-0.3, -0.25) is 15.0 Å². The van der Waals surface area contributed by atoms with Crippen molar-refractivity contribution in [2.45, 2.75) is 33.1 Å². The predicted octanol–water partition coefficient (Wildman–Crippen LogP) is 4.39. The Morgan fingerprint density at radius 2 is 1.48 bits per heavy atom. The Balaban J connectivity index is 1.64. The van der Waals surface area contributed by atoms with Crippen molar-refractivity contribution < 1.29 is 4.84 Å². The van der Waals surface area contributed by atoms with Crippen LogP contribution in [0.4, 0.5) is 0 Å². The van der Waals surface area contributed by atoms with Gasteiger partial charge in [-0.05, 0) is 69.5 Å². The van der Waals surface area contributed by atoms with E-state index in [1.54, 1.807) is 7.11 Å². The van der Waals surface area contributed by atoms with Crippen molar-refractivity contribution in [3.63, 3.8) is 0 Å².